The quantitative estimate of drug-likeness (QED) is 0.758. The summed E-state index contributed by atoms with van der Waals surface area (Å²) in [5.74, 6) is 0.256. The number of methoxy groups -OCH3 is 1. The largest absolute Gasteiger partial charge is 0.495 e. The first kappa shape index (κ1) is 18.1. The predicted molar refractivity (Wildman–Crippen MR) is 82.9 cm³/mol. The first-order valence-corrected chi connectivity index (χ1v) is 10.1. The second-order valence-corrected chi connectivity index (χ2v) is 9.28. The van der Waals surface area contributed by atoms with Crippen molar-refractivity contribution in [2.75, 3.05) is 17.6 Å². The Morgan fingerprint density at radius 1 is 1.24 bits per heavy atom. The molecule has 9 heteroatoms. The summed E-state index contributed by atoms with van der Waals surface area (Å²) in [6, 6.07) is 3.89. The van der Waals surface area contributed by atoms with E-state index in [1.807, 2.05) is 13.8 Å². The third-order valence-corrected chi connectivity index (χ3v) is 5.33. The lowest BCUT2D eigenvalue weighted by molar-refractivity contribution is 0.403. The average Bonchev–Trinajstić information content (AvgIpc) is 2.35. The molecular formula is C12H18ClNO5S2. The molecule has 0 radical (unpaired) electrons. The molecule has 6 nitrogen and oxygen atoms in total. The molecule has 120 valence electrons. The second kappa shape index (κ2) is 6.85. The molecule has 1 aromatic rings. The molecule has 0 aromatic heterocycles. The topological polar surface area (TPSA) is 89.5 Å². The van der Waals surface area contributed by atoms with Gasteiger partial charge in [-0.25, -0.2) is 16.8 Å². The number of hydrogen-bond acceptors (Lipinski definition) is 5. The van der Waals surface area contributed by atoms with Crippen LogP contribution in [0.1, 0.15) is 20.3 Å². The summed E-state index contributed by atoms with van der Waals surface area (Å²) < 4.78 is 53.9. The molecule has 0 atom stereocenters. The number of ether oxygens (including phenoxy) is 1. The van der Waals surface area contributed by atoms with Crippen molar-refractivity contribution in [1.29, 1.82) is 0 Å². The highest BCUT2D eigenvalue weighted by molar-refractivity contribution is 8.13. The van der Waals surface area contributed by atoms with E-state index in [9.17, 15) is 16.8 Å². The summed E-state index contributed by atoms with van der Waals surface area (Å²) in [4.78, 5) is -0.282. The molecule has 0 heterocycles. The molecule has 0 aliphatic carbocycles. The van der Waals surface area contributed by atoms with Crippen molar-refractivity contribution in [3.63, 3.8) is 0 Å². The van der Waals surface area contributed by atoms with Crippen LogP contribution in [-0.2, 0) is 19.1 Å². The van der Waals surface area contributed by atoms with Gasteiger partial charge in [0.05, 0.1) is 18.6 Å². The van der Waals surface area contributed by atoms with E-state index in [1.54, 1.807) is 0 Å². The zero-order valence-electron chi connectivity index (χ0n) is 12.0. The van der Waals surface area contributed by atoms with Crippen LogP contribution in [0.15, 0.2) is 23.1 Å². The highest BCUT2D eigenvalue weighted by Gasteiger charge is 2.19. The van der Waals surface area contributed by atoms with Gasteiger partial charge in [-0.15, -0.1) is 0 Å². The van der Waals surface area contributed by atoms with Crippen LogP contribution >= 0.6 is 10.7 Å². The molecule has 21 heavy (non-hydrogen) atoms. The van der Waals surface area contributed by atoms with Crippen molar-refractivity contribution in [2.24, 2.45) is 5.92 Å². The van der Waals surface area contributed by atoms with E-state index in [1.165, 1.54) is 19.2 Å². The summed E-state index contributed by atoms with van der Waals surface area (Å²) in [5, 5.41) is 0. The van der Waals surface area contributed by atoms with Crippen molar-refractivity contribution >= 4 is 35.4 Å². The zero-order valence-corrected chi connectivity index (χ0v) is 14.3. The van der Waals surface area contributed by atoms with Gasteiger partial charge >= 0.3 is 0 Å². The lowest BCUT2D eigenvalue weighted by atomic mass is 10.2. The smallest absolute Gasteiger partial charge is 0.265 e. The van der Waals surface area contributed by atoms with Crippen molar-refractivity contribution in [2.45, 2.75) is 25.2 Å². The number of benzene rings is 1. The number of sulfonamides is 1. The van der Waals surface area contributed by atoms with E-state index in [-0.39, 0.29) is 28.0 Å². The van der Waals surface area contributed by atoms with Gasteiger partial charge in [-0.05, 0) is 30.5 Å². The van der Waals surface area contributed by atoms with E-state index in [0.717, 1.165) is 6.07 Å². The van der Waals surface area contributed by atoms with Crippen LogP contribution in [0, 0.1) is 5.92 Å². The molecule has 0 amide bonds. The maximum absolute atomic E-state index is 11.9. The van der Waals surface area contributed by atoms with Crippen LogP contribution in [0.2, 0.25) is 0 Å². The fourth-order valence-electron chi connectivity index (χ4n) is 1.55. The van der Waals surface area contributed by atoms with E-state index in [2.05, 4.69) is 4.72 Å². The fraction of sp³-hybridized carbons (Fsp3) is 0.500. The Balaban J connectivity index is 3.06. The average molecular weight is 356 g/mol. The van der Waals surface area contributed by atoms with Gasteiger partial charge in [-0.1, -0.05) is 13.8 Å². The predicted octanol–water partition coefficient (Wildman–Crippen LogP) is 2.41. The number of hydrogen-bond donors (Lipinski definition) is 1. The molecule has 0 saturated carbocycles. The van der Waals surface area contributed by atoms with Gasteiger partial charge in [-0.2, -0.15) is 0 Å². The van der Waals surface area contributed by atoms with Gasteiger partial charge in [0, 0.05) is 10.7 Å². The number of nitrogens with one attached hydrogen (secondary N) is 1. The fourth-order valence-corrected chi connectivity index (χ4v) is 3.94. The van der Waals surface area contributed by atoms with Crippen molar-refractivity contribution in [1.82, 2.24) is 0 Å². The Hall–Kier alpha value is -0.990. The van der Waals surface area contributed by atoms with Gasteiger partial charge in [0.15, 0.2) is 0 Å². The lowest BCUT2D eigenvalue weighted by Gasteiger charge is -2.12. The van der Waals surface area contributed by atoms with Crippen LogP contribution in [0.5, 0.6) is 5.75 Å². The third kappa shape index (κ3) is 5.72. The monoisotopic (exact) mass is 355 g/mol. The SMILES string of the molecule is COc1ccc(NS(=O)(=O)CCC(C)C)cc1S(=O)(=O)Cl. The molecule has 0 aliphatic heterocycles. The number of anilines is 1. The van der Waals surface area contributed by atoms with E-state index in [0.29, 0.717) is 6.42 Å². The molecule has 0 fully saturated rings. The Morgan fingerprint density at radius 3 is 2.33 bits per heavy atom. The summed E-state index contributed by atoms with van der Waals surface area (Å²) in [7, 11) is -0.975. The van der Waals surface area contributed by atoms with Crippen LogP contribution in [0.4, 0.5) is 5.69 Å². The minimum absolute atomic E-state index is 0.0420. The van der Waals surface area contributed by atoms with Gasteiger partial charge in [0.2, 0.25) is 10.0 Å². The highest BCUT2D eigenvalue weighted by Crippen LogP contribution is 2.30. The lowest BCUT2D eigenvalue weighted by Crippen LogP contribution is -2.18. The molecule has 0 saturated heterocycles. The van der Waals surface area contributed by atoms with Crippen molar-refractivity contribution in [3.05, 3.63) is 18.2 Å². The summed E-state index contributed by atoms with van der Waals surface area (Å²) in [5.41, 5.74) is 0.124. The Kier molecular flexibility index (Phi) is 5.89. The summed E-state index contributed by atoms with van der Waals surface area (Å²) >= 11 is 0. The van der Waals surface area contributed by atoms with Crippen molar-refractivity contribution in [3.8, 4) is 5.75 Å². The van der Waals surface area contributed by atoms with Gasteiger partial charge in [0.1, 0.15) is 10.6 Å². The van der Waals surface area contributed by atoms with Crippen LogP contribution in [0.25, 0.3) is 0 Å². The van der Waals surface area contributed by atoms with Crippen molar-refractivity contribution < 1.29 is 21.6 Å². The van der Waals surface area contributed by atoms with E-state index < -0.39 is 19.1 Å². The van der Waals surface area contributed by atoms with Gasteiger partial charge < -0.3 is 4.74 Å². The van der Waals surface area contributed by atoms with Gasteiger partial charge in [0.25, 0.3) is 9.05 Å². The molecule has 0 aliphatic rings. The maximum Gasteiger partial charge on any atom is 0.265 e. The minimum atomic E-state index is -4.04. The van der Waals surface area contributed by atoms with Crippen LogP contribution < -0.4 is 9.46 Å². The molecule has 1 aromatic carbocycles. The summed E-state index contributed by atoms with van der Waals surface area (Å²) in [6.07, 6.45) is 0.506. The third-order valence-electron chi connectivity index (χ3n) is 2.66. The molecule has 1 N–H and O–H groups in total. The summed E-state index contributed by atoms with van der Waals surface area (Å²) in [6.45, 7) is 3.84. The number of rotatable bonds is 7. The highest BCUT2D eigenvalue weighted by atomic mass is 35.7. The van der Waals surface area contributed by atoms with E-state index in [4.69, 9.17) is 15.4 Å². The molecule has 0 bridgehead atoms. The van der Waals surface area contributed by atoms with Crippen LogP contribution in [-0.4, -0.2) is 29.7 Å². The van der Waals surface area contributed by atoms with Gasteiger partial charge in [-0.3, -0.25) is 4.72 Å². The zero-order chi connectivity index (χ0) is 16.3. The standard InChI is InChI=1S/C12H18ClNO5S2/c1-9(2)6-7-20(15,16)14-10-4-5-11(19-3)12(8-10)21(13,17)18/h4-5,8-9,14H,6-7H2,1-3H3. The molecule has 0 unspecified atom stereocenters. The number of halogens is 1. The second-order valence-electron chi connectivity index (χ2n) is 4.91. The first-order valence-electron chi connectivity index (χ1n) is 6.18. The molecule has 1 rings (SSSR count). The first-order chi connectivity index (χ1) is 9.55. The Morgan fingerprint density at radius 2 is 1.86 bits per heavy atom. The maximum atomic E-state index is 11.9. The molecule has 0 spiro atoms. The minimum Gasteiger partial charge on any atom is -0.495 e. The Bertz CT molecular complexity index is 698. The normalized spacial score (nSPS) is 12.4. The van der Waals surface area contributed by atoms with Crippen LogP contribution in [0.3, 0.4) is 0 Å². The van der Waals surface area contributed by atoms with E-state index >= 15 is 0 Å². The molecular weight excluding hydrogens is 338 g/mol. The Labute approximate surface area is 129 Å².